The van der Waals surface area contributed by atoms with E-state index in [-0.39, 0.29) is 12.0 Å². The van der Waals surface area contributed by atoms with Gasteiger partial charge in [0.2, 0.25) is 5.91 Å². The maximum absolute atomic E-state index is 11.6. The Hall–Kier alpha value is -0.610. The summed E-state index contributed by atoms with van der Waals surface area (Å²) < 4.78 is 5.33. The molecule has 2 fully saturated rings. The fourth-order valence-electron chi connectivity index (χ4n) is 2.34. The Balaban J connectivity index is 1.66. The zero-order chi connectivity index (χ0) is 10.7. The number of nitrogens with one attached hydrogen (secondary N) is 1. The Morgan fingerprint density at radius 1 is 1.53 bits per heavy atom. The summed E-state index contributed by atoms with van der Waals surface area (Å²) in [7, 11) is 2.13. The molecule has 0 bridgehead atoms. The molecule has 0 aromatic rings. The molecule has 2 heterocycles. The Bertz CT molecular complexity index is 227. The van der Waals surface area contributed by atoms with E-state index in [9.17, 15) is 4.79 Å². The third-order valence-electron chi connectivity index (χ3n) is 3.28. The van der Waals surface area contributed by atoms with Crippen LogP contribution in [0.1, 0.15) is 19.3 Å². The molecule has 2 rings (SSSR count). The molecule has 0 aromatic heterocycles. The smallest absolute Gasteiger partial charge is 0.249 e. The topological polar surface area (TPSA) is 41.6 Å². The quantitative estimate of drug-likeness (QED) is 0.728. The average molecular weight is 212 g/mol. The molecule has 0 aromatic carbocycles. The van der Waals surface area contributed by atoms with Gasteiger partial charge in [-0.15, -0.1) is 0 Å². The van der Waals surface area contributed by atoms with Crippen LogP contribution >= 0.6 is 0 Å². The Morgan fingerprint density at radius 2 is 2.40 bits per heavy atom. The summed E-state index contributed by atoms with van der Waals surface area (Å²) in [6, 6.07) is 0. The Labute approximate surface area is 91.0 Å². The van der Waals surface area contributed by atoms with Gasteiger partial charge in [-0.3, -0.25) is 4.79 Å². The molecule has 1 amide bonds. The molecule has 1 N–H and O–H groups in total. The van der Waals surface area contributed by atoms with Crippen molar-refractivity contribution in [3.05, 3.63) is 0 Å². The van der Waals surface area contributed by atoms with Crippen LogP contribution in [0.25, 0.3) is 0 Å². The lowest BCUT2D eigenvalue weighted by molar-refractivity contribution is -0.130. The van der Waals surface area contributed by atoms with Crippen LogP contribution < -0.4 is 5.32 Å². The van der Waals surface area contributed by atoms with E-state index in [1.165, 1.54) is 6.42 Å². The predicted molar refractivity (Wildman–Crippen MR) is 57.6 cm³/mol. The molecule has 0 saturated carbocycles. The minimum absolute atomic E-state index is 0.0852. The van der Waals surface area contributed by atoms with Crippen molar-refractivity contribution in [3.63, 3.8) is 0 Å². The number of carbonyl (C=O) groups is 1. The lowest BCUT2D eigenvalue weighted by Gasteiger charge is -2.14. The molecule has 86 valence electrons. The van der Waals surface area contributed by atoms with Gasteiger partial charge >= 0.3 is 0 Å². The molecular weight excluding hydrogens is 192 g/mol. The highest BCUT2D eigenvalue weighted by molar-refractivity contribution is 5.80. The normalized spacial score (nSPS) is 32.1. The van der Waals surface area contributed by atoms with Crippen molar-refractivity contribution in [1.29, 1.82) is 0 Å². The van der Waals surface area contributed by atoms with Crippen molar-refractivity contribution < 1.29 is 9.53 Å². The molecule has 15 heavy (non-hydrogen) atoms. The summed E-state index contributed by atoms with van der Waals surface area (Å²) in [5, 5.41) is 3.00. The average Bonchev–Trinajstić information content (AvgIpc) is 2.84. The summed E-state index contributed by atoms with van der Waals surface area (Å²) in [5.41, 5.74) is 0. The first kappa shape index (κ1) is 10.9. The summed E-state index contributed by atoms with van der Waals surface area (Å²) in [5.74, 6) is 0.711. The third kappa shape index (κ3) is 2.92. The van der Waals surface area contributed by atoms with Crippen LogP contribution in [-0.4, -0.2) is 50.2 Å². The third-order valence-corrected chi connectivity index (χ3v) is 3.28. The van der Waals surface area contributed by atoms with Gasteiger partial charge < -0.3 is 15.0 Å². The fraction of sp³-hybridized carbons (Fsp3) is 0.909. The number of amides is 1. The van der Waals surface area contributed by atoms with Gasteiger partial charge in [0.25, 0.3) is 0 Å². The Kier molecular flexibility index (Phi) is 3.59. The molecule has 2 aliphatic rings. The van der Waals surface area contributed by atoms with E-state index in [4.69, 9.17) is 4.74 Å². The summed E-state index contributed by atoms with van der Waals surface area (Å²) in [4.78, 5) is 13.9. The zero-order valence-corrected chi connectivity index (χ0v) is 9.37. The SMILES string of the molecule is CN1CCC(CNC(=O)C2CCCO2)C1. The number of carbonyl (C=O) groups excluding carboxylic acids is 1. The van der Waals surface area contributed by atoms with Gasteiger partial charge in [0.05, 0.1) is 0 Å². The minimum atomic E-state index is -0.177. The second-order valence-electron chi connectivity index (χ2n) is 4.66. The van der Waals surface area contributed by atoms with E-state index in [2.05, 4.69) is 17.3 Å². The van der Waals surface area contributed by atoms with E-state index in [1.54, 1.807) is 0 Å². The van der Waals surface area contributed by atoms with Gasteiger partial charge in [-0.25, -0.2) is 0 Å². The summed E-state index contributed by atoms with van der Waals surface area (Å²) >= 11 is 0. The molecule has 2 atom stereocenters. The molecule has 0 aliphatic carbocycles. The van der Waals surface area contributed by atoms with Crippen LogP contribution in [0.15, 0.2) is 0 Å². The number of ether oxygens (including phenoxy) is 1. The fourth-order valence-corrected chi connectivity index (χ4v) is 2.34. The lowest BCUT2D eigenvalue weighted by Crippen LogP contribution is -2.37. The van der Waals surface area contributed by atoms with E-state index >= 15 is 0 Å². The number of likely N-dealkylation sites (tertiary alicyclic amines) is 1. The Morgan fingerprint density at radius 3 is 3.00 bits per heavy atom. The van der Waals surface area contributed by atoms with Gasteiger partial charge in [0.1, 0.15) is 6.10 Å². The second-order valence-corrected chi connectivity index (χ2v) is 4.66. The number of hydrogen-bond donors (Lipinski definition) is 1. The van der Waals surface area contributed by atoms with E-state index in [0.29, 0.717) is 5.92 Å². The number of hydrogen-bond acceptors (Lipinski definition) is 3. The number of nitrogens with zero attached hydrogens (tertiary/aromatic N) is 1. The van der Waals surface area contributed by atoms with Crippen molar-refractivity contribution in [1.82, 2.24) is 10.2 Å². The van der Waals surface area contributed by atoms with Gasteiger partial charge in [0, 0.05) is 19.7 Å². The standard InChI is InChI=1S/C11H20N2O2/c1-13-5-4-9(8-13)7-12-11(14)10-3-2-6-15-10/h9-10H,2-8H2,1H3,(H,12,14). The van der Waals surface area contributed by atoms with Crippen LogP contribution in [0.2, 0.25) is 0 Å². The zero-order valence-electron chi connectivity index (χ0n) is 9.37. The molecule has 0 spiro atoms. The van der Waals surface area contributed by atoms with Gasteiger partial charge in [0.15, 0.2) is 0 Å². The highest BCUT2D eigenvalue weighted by atomic mass is 16.5. The summed E-state index contributed by atoms with van der Waals surface area (Å²) in [6.07, 6.45) is 2.92. The molecule has 2 unspecified atom stereocenters. The first-order chi connectivity index (χ1) is 7.25. The van der Waals surface area contributed by atoms with Crippen molar-refractivity contribution in [2.45, 2.75) is 25.4 Å². The highest BCUT2D eigenvalue weighted by Crippen LogP contribution is 2.14. The molecule has 4 heteroatoms. The first-order valence-corrected chi connectivity index (χ1v) is 5.83. The van der Waals surface area contributed by atoms with Crippen molar-refractivity contribution in [2.75, 3.05) is 33.3 Å². The van der Waals surface area contributed by atoms with Gasteiger partial charge in [-0.05, 0) is 38.8 Å². The monoisotopic (exact) mass is 212 g/mol. The van der Waals surface area contributed by atoms with Crippen molar-refractivity contribution in [2.24, 2.45) is 5.92 Å². The van der Waals surface area contributed by atoms with Gasteiger partial charge in [-0.1, -0.05) is 0 Å². The first-order valence-electron chi connectivity index (χ1n) is 5.83. The lowest BCUT2D eigenvalue weighted by atomic mass is 10.1. The van der Waals surface area contributed by atoms with Gasteiger partial charge in [-0.2, -0.15) is 0 Å². The maximum Gasteiger partial charge on any atom is 0.249 e. The molecule has 2 saturated heterocycles. The molecule has 4 nitrogen and oxygen atoms in total. The highest BCUT2D eigenvalue weighted by Gasteiger charge is 2.25. The number of rotatable bonds is 3. The minimum Gasteiger partial charge on any atom is -0.368 e. The van der Waals surface area contributed by atoms with Crippen molar-refractivity contribution >= 4 is 5.91 Å². The maximum atomic E-state index is 11.6. The van der Waals surface area contributed by atoms with Crippen LogP contribution in [0.5, 0.6) is 0 Å². The van der Waals surface area contributed by atoms with Crippen LogP contribution in [-0.2, 0) is 9.53 Å². The largest absolute Gasteiger partial charge is 0.368 e. The second kappa shape index (κ2) is 4.94. The molecule has 2 aliphatic heterocycles. The van der Waals surface area contributed by atoms with Crippen LogP contribution in [0.4, 0.5) is 0 Å². The predicted octanol–water partition coefficient (Wildman–Crippen LogP) is 0.233. The summed E-state index contributed by atoms with van der Waals surface area (Å²) in [6.45, 7) is 3.81. The van der Waals surface area contributed by atoms with E-state index in [0.717, 1.165) is 39.1 Å². The van der Waals surface area contributed by atoms with E-state index < -0.39 is 0 Å². The van der Waals surface area contributed by atoms with Crippen molar-refractivity contribution in [3.8, 4) is 0 Å². The van der Waals surface area contributed by atoms with Crippen LogP contribution in [0.3, 0.4) is 0 Å². The van der Waals surface area contributed by atoms with Crippen LogP contribution in [0, 0.1) is 5.92 Å². The molecular formula is C11H20N2O2. The van der Waals surface area contributed by atoms with E-state index in [1.807, 2.05) is 0 Å². The molecule has 0 radical (unpaired) electrons.